The highest BCUT2D eigenvalue weighted by atomic mass is 19.1. The van der Waals surface area contributed by atoms with Crippen LogP contribution in [0.5, 0.6) is 0 Å². The van der Waals surface area contributed by atoms with Gasteiger partial charge in [-0.2, -0.15) is 4.98 Å². The summed E-state index contributed by atoms with van der Waals surface area (Å²) in [7, 11) is 0. The van der Waals surface area contributed by atoms with Gasteiger partial charge in [-0.05, 0) is 29.8 Å². The Morgan fingerprint density at radius 1 is 1.10 bits per heavy atom. The number of hydrogen-bond donors (Lipinski definition) is 1. The number of nitrogens with zero attached hydrogens (tertiary/aromatic N) is 2. The molecule has 0 aliphatic carbocycles. The van der Waals surface area contributed by atoms with Crippen molar-refractivity contribution in [2.45, 2.75) is 6.42 Å². The van der Waals surface area contributed by atoms with E-state index in [1.165, 1.54) is 12.1 Å². The molecular weight excluding hydrogens is 257 g/mol. The number of nitrogens with two attached hydrogens (primary N) is 1. The van der Waals surface area contributed by atoms with Crippen molar-refractivity contribution in [2.75, 3.05) is 5.73 Å². The molecule has 0 saturated heterocycles. The first kappa shape index (κ1) is 12.3. The summed E-state index contributed by atoms with van der Waals surface area (Å²) in [6, 6.07) is 13.5. The fourth-order valence-electron chi connectivity index (χ4n) is 1.90. The predicted octanol–water partition coefficient (Wildman–Crippen LogP) is 3.05. The zero-order valence-corrected chi connectivity index (χ0v) is 10.6. The standard InChI is InChI=1S/C15H12FN3O/c16-12-6-4-10(5-7-12)8-14-18-15(19-20-14)11-2-1-3-13(17)9-11/h1-7,9H,8,17H2. The van der Waals surface area contributed by atoms with E-state index < -0.39 is 0 Å². The summed E-state index contributed by atoms with van der Waals surface area (Å²) < 4.78 is 18.0. The summed E-state index contributed by atoms with van der Waals surface area (Å²) in [5.41, 5.74) is 8.08. The topological polar surface area (TPSA) is 64.9 Å². The Bertz CT molecular complexity index is 722. The van der Waals surface area contributed by atoms with Gasteiger partial charge in [-0.1, -0.05) is 29.4 Å². The van der Waals surface area contributed by atoms with Gasteiger partial charge < -0.3 is 10.3 Å². The molecule has 1 aromatic heterocycles. The van der Waals surface area contributed by atoms with Crippen molar-refractivity contribution in [3.63, 3.8) is 0 Å². The highest BCUT2D eigenvalue weighted by Gasteiger charge is 2.09. The molecule has 0 aliphatic heterocycles. The number of hydrogen-bond acceptors (Lipinski definition) is 4. The van der Waals surface area contributed by atoms with Crippen LogP contribution in [0.4, 0.5) is 10.1 Å². The van der Waals surface area contributed by atoms with Crippen molar-refractivity contribution in [3.05, 3.63) is 65.8 Å². The average molecular weight is 269 g/mol. The van der Waals surface area contributed by atoms with E-state index >= 15 is 0 Å². The van der Waals surface area contributed by atoms with Crippen molar-refractivity contribution in [2.24, 2.45) is 0 Å². The van der Waals surface area contributed by atoms with E-state index in [1.54, 1.807) is 24.3 Å². The van der Waals surface area contributed by atoms with E-state index in [0.29, 0.717) is 23.8 Å². The third-order valence-corrected chi connectivity index (χ3v) is 2.88. The average Bonchev–Trinajstić information content (AvgIpc) is 2.90. The minimum atomic E-state index is -0.264. The summed E-state index contributed by atoms with van der Waals surface area (Å²) in [4.78, 5) is 4.31. The lowest BCUT2D eigenvalue weighted by atomic mass is 10.1. The van der Waals surface area contributed by atoms with Crippen molar-refractivity contribution in [1.29, 1.82) is 0 Å². The molecule has 3 aromatic rings. The molecule has 100 valence electrons. The summed E-state index contributed by atoms with van der Waals surface area (Å²) >= 11 is 0. The maximum atomic E-state index is 12.8. The Kier molecular flexibility index (Phi) is 3.16. The number of halogens is 1. The number of aromatic nitrogens is 2. The number of rotatable bonds is 3. The molecule has 20 heavy (non-hydrogen) atoms. The van der Waals surface area contributed by atoms with Crippen molar-refractivity contribution >= 4 is 5.69 Å². The zero-order valence-electron chi connectivity index (χ0n) is 10.6. The van der Waals surface area contributed by atoms with Crippen molar-refractivity contribution in [1.82, 2.24) is 10.1 Å². The van der Waals surface area contributed by atoms with Gasteiger partial charge in [0.25, 0.3) is 0 Å². The molecule has 0 bridgehead atoms. The highest BCUT2D eigenvalue weighted by molar-refractivity contribution is 5.60. The molecular formula is C15H12FN3O. The second kappa shape index (κ2) is 5.13. The predicted molar refractivity (Wildman–Crippen MR) is 73.4 cm³/mol. The van der Waals surface area contributed by atoms with Crippen LogP contribution in [0.2, 0.25) is 0 Å². The molecule has 3 rings (SSSR count). The van der Waals surface area contributed by atoms with E-state index in [0.717, 1.165) is 11.1 Å². The van der Waals surface area contributed by atoms with Crippen LogP contribution in [0.25, 0.3) is 11.4 Å². The third kappa shape index (κ3) is 2.66. The lowest BCUT2D eigenvalue weighted by Gasteiger charge is -1.96. The van der Waals surface area contributed by atoms with Crippen LogP contribution in [0.3, 0.4) is 0 Å². The Hall–Kier alpha value is -2.69. The lowest BCUT2D eigenvalue weighted by Crippen LogP contribution is -1.89. The third-order valence-electron chi connectivity index (χ3n) is 2.88. The van der Waals surface area contributed by atoms with E-state index in [-0.39, 0.29) is 5.82 Å². The van der Waals surface area contributed by atoms with Crippen molar-refractivity contribution in [3.8, 4) is 11.4 Å². The van der Waals surface area contributed by atoms with E-state index in [2.05, 4.69) is 10.1 Å². The summed E-state index contributed by atoms with van der Waals surface area (Å²) in [5, 5.41) is 3.93. The van der Waals surface area contributed by atoms with Gasteiger partial charge in [-0.3, -0.25) is 0 Å². The molecule has 1 heterocycles. The smallest absolute Gasteiger partial charge is 0.231 e. The molecule has 0 saturated carbocycles. The maximum Gasteiger partial charge on any atom is 0.231 e. The molecule has 5 heteroatoms. The molecule has 2 aromatic carbocycles. The zero-order chi connectivity index (χ0) is 13.9. The van der Waals surface area contributed by atoms with Crippen molar-refractivity contribution < 1.29 is 8.91 Å². The second-order valence-electron chi connectivity index (χ2n) is 4.44. The Balaban J connectivity index is 1.82. The number of anilines is 1. The number of nitrogen functional groups attached to an aromatic ring is 1. The number of benzene rings is 2. The molecule has 2 N–H and O–H groups in total. The lowest BCUT2D eigenvalue weighted by molar-refractivity contribution is 0.385. The van der Waals surface area contributed by atoms with E-state index in [9.17, 15) is 4.39 Å². The molecule has 0 spiro atoms. The largest absolute Gasteiger partial charge is 0.399 e. The molecule has 0 amide bonds. The fraction of sp³-hybridized carbons (Fsp3) is 0.0667. The molecule has 0 radical (unpaired) electrons. The van der Waals surface area contributed by atoms with Crippen LogP contribution in [0, 0.1) is 5.82 Å². The van der Waals surface area contributed by atoms with E-state index in [4.69, 9.17) is 10.3 Å². The summed E-state index contributed by atoms with van der Waals surface area (Å²) in [6.07, 6.45) is 0.468. The van der Waals surface area contributed by atoms with E-state index in [1.807, 2.05) is 12.1 Å². The minimum absolute atomic E-state index is 0.264. The van der Waals surface area contributed by atoms with Crippen LogP contribution < -0.4 is 5.73 Å². The van der Waals surface area contributed by atoms with Crippen LogP contribution in [0.15, 0.2) is 53.1 Å². The first-order valence-electron chi connectivity index (χ1n) is 6.14. The van der Waals surface area contributed by atoms with Gasteiger partial charge in [-0.25, -0.2) is 4.39 Å². The van der Waals surface area contributed by atoms with Gasteiger partial charge in [-0.15, -0.1) is 0 Å². The minimum Gasteiger partial charge on any atom is -0.399 e. The monoisotopic (exact) mass is 269 g/mol. The molecule has 0 fully saturated rings. The van der Waals surface area contributed by atoms with Crippen LogP contribution >= 0.6 is 0 Å². The quantitative estimate of drug-likeness (QED) is 0.742. The molecule has 0 atom stereocenters. The van der Waals surface area contributed by atoms with Gasteiger partial charge >= 0.3 is 0 Å². The summed E-state index contributed by atoms with van der Waals surface area (Å²) in [6.45, 7) is 0. The van der Waals surface area contributed by atoms with Gasteiger partial charge in [0.1, 0.15) is 5.82 Å². The first-order chi connectivity index (χ1) is 9.70. The van der Waals surface area contributed by atoms with Crippen LogP contribution in [-0.2, 0) is 6.42 Å². The van der Waals surface area contributed by atoms with Gasteiger partial charge in [0.05, 0.1) is 6.42 Å². The summed E-state index contributed by atoms with van der Waals surface area (Å²) in [5.74, 6) is 0.711. The van der Waals surface area contributed by atoms with Gasteiger partial charge in [0, 0.05) is 11.3 Å². The van der Waals surface area contributed by atoms with Crippen LogP contribution in [0.1, 0.15) is 11.5 Å². The first-order valence-corrected chi connectivity index (χ1v) is 6.14. The Morgan fingerprint density at radius 2 is 1.90 bits per heavy atom. The van der Waals surface area contributed by atoms with Crippen LogP contribution in [-0.4, -0.2) is 10.1 Å². The maximum absolute atomic E-state index is 12.8. The fourth-order valence-corrected chi connectivity index (χ4v) is 1.90. The second-order valence-corrected chi connectivity index (χ2v) is 4.44. The SMILES string of the molecule is Nc1cccc(-c2noc(Cc3ccc(F)cc3)n2)c1. The van der Waals surface area contributed by atoms with Gasteiger partial charge in [0.15, 0.2) is 0 Å². The molecule has 4 nitrogen and oxygen atoms in total. The molecule has 0 aliphatic rings. The Morgan fingerprint density at radius 3 is 2.65 bits per heavy atom. The molecule has 0 unspecified atom stereocenters. The normalized spacial score (nSPS) is 10.7. The highest BCUT2D eigenvalue weighted by Crippen LogP contribution is 2.19. The van der Waals surface area contributed by atoms with Gasteiger partial charge in [0.2, 0.25) is 11.7 Å². The Labute approximate surface area is 115 Å².